The molecule has 1 heterocycles. The fraction of sp³-hybridized carbons (Fsp3) is 0.409. The summed E-state index contributed by atoms with van der Waals surface area (Å²) in [5.41, 5.74) is 6.35. The number of hydrogen-bond donors (Lipinski definition) is 0. The predicted octanol–water partition coefficient (Wildman–Crippen LogP) is 3.85. The maximum Gasteiger partial charge on any atom is 0.118 e. The molecule has 0 amide bonds. The highest BCUT2D eigenvalue weighted by molar-refractivity contribution is 5.98. The third-order valence-electron chi connectivity index (χ3n) is 5.04. The minimum Gasteiger partial charge on any atom is -0.497 e. The number of aryl methyl sites for hydroxylation is 2. The first-order valence-corrected chi connectivity index (χ1v) is 9.28. The Kier molecular flexibility index (Phi) is 5.94. The third-order valence-corrected chi connectivity index (χ3v) is 5.04. The highest BCUT2D eigenvalue weighted by Crippen LogP contribution is 2.16. The number of piperazine rings is 1. The zero-order chi connectivity index (χ0) is 18.5. The van der Waals surface area contributed by atoms with Crippen molar-refractivity contribution in [2.24, 2.45) is 5.10 Å². The minimum atomic E-state index is 0.876. The molecular formula is C22H29N3O. The largest absolute Gasteiger partial charge is 0.497 e. The molecule has 0 aromatic heterocycles. The smallest absolute Gasteiger partial charge is 0.118 e. The van der Waals surface area contributed by atoms with E-state index in [1.807, 2.05) is 12.1 Å². The normalized spacial score (nSPS) is 16.0. The summed E-state index contributed by atoms with van der Waals surface area (Å²) in [5.74, 6) is 0.876. The molecule has 0 aliphatic carbocycles. The van der Waals surface area contributed by atoms with Gasteiger partial charge in [0.05, 0.1) is 12.8 Å². The SMILES string of the molecule is COc1ccc(C(C)=NN2CCN(Cc3ccc(C)cc3C)CC2)cc1. The van der Waals surface area contributed by atoms with Crippen LogP contribution in [0.25, 0.3) is 0 Å². The summed E-state index contributed by atoms with van der Waals surface area (Å²) in [5, 5.41) is 7.01. The molecule has 0 atom stereocenters. The zero-order valence-corrected chi connectivity index (χ0v) is 16.3. The van der Waals surface area contributed by atoms with Crippen LogP contribution in [-0.2, 0) is 6.54 Å². The van der Waals surface area contributed by atoms with Crippen LogP contribution in [0.15, 0.2) is 47.6 Å². The molecule has 2 aromatic carbocycles. The van der Waals surface area contributed by atoms with Crippen LogP contribution in [0.3, 0.4) is 0 Å². The van der Waals surface area contributed by atoms with Gasteiger partial charge in [0.15, 0.2) is 0 Å². The molecule has 0 radical (unpaired) electrons. The first kappa shape index (κ1) is 18.5. The van der Waals surface area contributed by atoms with Crippen molar-refractivity contribution in [3.05, 3.63) is 64.7 Å². The lowest BCUT2D eigenvalue weighted by atomic mass is 10.1. The Morgan fingerprint density at radius 2 is 1.69 bits per heavy atom. The van der Waals surface area contributed by atoms with Gasteiger partial charge >= 0.3 is 0 Å². The lowest BCUT2D eigenvalue weighted by Crippen LogP contribution is -2.43. The van der Waals surface area contributed by atoms with Gasteiger partial charge in [-0.3, -0.25) is 9.91 Å². The van der Waals surface area contributed by atoms with Gasteiger partial charge in [-0.2, -0.15) is 5.10 Å². The minimum absolute atomic E-state index is 0.876. The van der Waals surface area contributed by atoms with Gasteiger partial charge in [-0.1, -0.05) is 23.8 Å². The van der Waals surface area contributed by atoms with Gasteiger partial charge in [0.25, 0.3) is 0 Å². The Morgan fingerprint density at radius 1 is 1.00 bits per heavy atom. The Morgan fingerprint density at radius 3 is 2.31 bits per heavy atom. The molecule has 0 N–H and O–H groups in total. The predicted molar refractivity (Wildman–Crippen MR) is 108 cm³/mol. The molecule has 0 saturated carbocycles. The molecule has 1 saturated heterocycles. The Labute approximate surface area is 157 Å². The molecule has 0 bridgehead atoms. The highest BCUT2D eigenvalue weighted by Gasteiger charge is 2.16. The number of ether oxygens (including phenoxy) is 1. The molecule has 26 heavy (non-hydrogen) atoms. The molecule has 1 aliphatic heterocycles. The summed E-state index contributed by atoms with van der Waals surface area (Å²) < 4.78 is 5.22. The maximum absolute atomic E-state index is 5.22. The van der Waals surface area contributed by atoms with Crippen molar-refractivity contribution in [2.75, 3.05) is 33.3 Å². The van der Waals surface area contributed by atoms with Gasteiger partial charge in [-0.15, -0.1) is 0 Å². The van der Waals surface area contributed by atoms with Crippen molar-refractivity contribution in [1.82, 2.24) is 9.91 Å². The van der Waals surface area contributed by atoms with Crippen LogP contribution < -0.4 is 4.74 Å². The van der Waals surface area contributed by atoms with Gasteiger partial charge in [0.2, 0.25) is 0 Å². The van der Waals surface area contributed by atoms with E-state index in [0.29, 0.717) is 0 Å². The molecule has 4 heteroatoms. The summed E-state index contributed by atoms with van der Waals surface area (Å²) in [6, 6.07) is 14.8. The van der Waals surface area contributed by atoms with Crippen molar-refractivity contribution >= 4 is 5.71 Å². The van der Waals surface area contributed by atoms with E-state index >= 15 is 0 Å². The average molecular weight is 351 g/mol. The number of hydrogen-bond acceptors (Lipinski definition) is 4. The van der Waals surface area contributed by atoms with Gasteiger partial charge in [0.1, 0.15) is 5.75 Å². The number of hydrazone groups is 1. The van der Waals surface area contributed by atoms with E-state index in [1.54, 1.807) is 7.11 Å². The zero-order valence-electron chi connectivity index (χ0n) is 16.3. The topological polar surface area (TPSA) is 28.1 Å². The van der Waals surface area contributed by atoms with Crippen molar-refractivity contribution < 1.29 is 4.74 Å². The third kappa shape index (κ3) is 4.64. The summed E-state index contributed by atoms with van der Waals surface area (Å²) in [7, 11) is 1.69. The molecule has 4 nitrogen and oxygen atoms in total. The summed E-state index contributed by atoms with van der Waals surface area (Å²) in [6.45, 7) is 11.5. The van der Waals surface area contributed by atoms with Crippen LogP contribution in [0.5, 0.6) is 5.75 Å². The van der Waals surface area contributed by atoms with E-state index in [9.17, 15) is 0 Å². The van der Waals surface area contributed by atoms with E-state index in [2.05, 4.69) is 61.0 Å². The maximum atomic E-state index is 5.22. The van der Waals surface area contributed by atoms with Crippen LogP contribution in [0, 0.1) is 13.8 Å². The molecule has 0 unspecified atom stereocenters. The molecule has 0 spiro atoms. The van der Waals surface area contributed by atoms with E-state index < -0.39 is 0 Å². The van der Waals surface area contributed by atoms with Crippen molar-refractivity contribution in [3.63, 3.8) is 0 Å². The van der Waals surface area contributed by atoms with Gasteiger partial charge in [0, 0.05) is 32.7 Å². The van der Waals surface area contributed by atoms with Crippen LogP contribution in [0.4, 0.5) is 0 Å². The lowest BCUT2D eigenvalue weighted by molar-refractivity contribution is 0.130. The molecule has 3 rings (SSSR count). The lowest BCUT2D eigenvalue weighted by Gasteiger charge is -2.33. The van der Waals surface area contributed by atoms with E-state index in [4.69, 9.17) is 9.84 Å². The molecule has 1 fully saturated rings. The highest BCUT2D eigenvalue weighted by atomic mass is 16.5. The average Bonchev–Trinajstić information content (AvgIpc) is 2.65. The van der Waals surface area contributed by atoms with Gasteiger partial charge in [-0.25, -0.2) is 0 Å². The number of nitrogens with zero attached hydrogens (tertiary/aromatic N) is 3. The van der Waals surface area contributed by atoms with E-state index in [-0.39, 0.29) is 0 Å². The second-order valence-electron chi connectivity index (χ2n) is 7.07. The van der Waals surface area contributed by atoms with Crippen LogP contribution in [-0.4, -0.2) is 48.9 Å². The summed E-state index contributed by atoms with van der Waals surface area (Å²) in [6.07, 6.45) is 0. The number of benzene rings is 2. The second-order valence-corrected chi connectivity index (χ2v) is 7.07. The first-order chi connectivity index (χ1) is 12.5. The van der Waals surface area contributed by atoms with Crippen molar-refractivity contribution in [2.45, 2.75) is 27.3 Å². The van der Waals surface area contributed by atoms with Crippen LogP contribution >= 0.6 is 0 Å². The van der Waals surface area contributed by atoms with Gasteiger partial charge in [-0.05, 0) is 61.7 Å². The molecular weight excluding hydrogens is 322 g/mol. The number of methoxy groups -OCH3 is 1. The fourth-order valence-corrected chi connectivity index (χ4v) is 3.36. The second kappa shape index (κ2) is 8.37. The number of rotatable bonds is 5. The molecule has 1 aliphatic rings. The van der Waals surface area contributed by atoms with Crippen LogP contribution in [0.2, 0.25) is 0 Å². The molecule has 138 valence electrons. The van der Waals surface area contributed by atoms with E-state index in [1.165, 1.54) is 16.7 Å². The van der Waals surface area contributed by atoms with Crippen molar-refractivity contribution in [3.8, 4) is 5.75 Å². The quantitative estimate of drug-likeness (QED) is 0.766. The van der Waals surface area contributed by atoms with Crippen LogP contribution in [0.1, 0.15) is 29.2 Å². The summed E-state index contributed by atoms with van der Waals surface area (Å²) in [4.78, 5) is 2.52. The fourth-order valence-electron chi connectivity index (χ4n) is 3.36. The van der Waals surface area contributed by atoms with Gasteiger partial charge < -0.3 is 4.74 Å². The van der Waals surface area contributed by atoms with Crippen molar-refractivity contribution in [1.29, 1.82) is 0 Å². The monoisotopic (exact) mass is 351 g/mol. The standard InChI is InChI=1S/C22H29N3O/c1-17-5-6-21(18(2)15-17)16-24-11-13-25(14-12-24)23-19(3)20-7-9-22(26-4)10-8-20/h5-10,15H,11-14,16H2,1-4H3. The Bertz CT molecular complexity index is 759. The Balaban J connectivity index is 1.55. The molecule has 2 aromatic rings. The van der Waals surface area contributed by atoms with E-state index in [0.717, 1.165) is 49.7 Å². The summed E-state index contributed by atoms with van der Waals surface area (Å²) >= 11 is 0. The Hall–Kier alpha value is -2.33. The first-order valence-electron chi connectivity index (χ1n) is 9.28.